The highest BCUT2D eigenvalue weighted by Gasteiger charge is 2.07. The first kappa shape index (κ1) is 15.3. The Morgan fingerprint density at radius 2 is 1.95 bits per heavy atom. The van der Waals surface area contributed by atoms with Crippen LogP contribution in [0.5, 0.6) is 5.75 Å². The first-order chi connectivity index (χ1) is 10.2. The number of rotatable bonds is 6. The van der Waals surface area contributed by atoms with Crippen LogP contribution in [0, 0.1) is 0 Å². The zero-order valence-corrected chi connectivity index (χ0v) is 12.4. The van der Waals surface area contributed by atoms with Gasteiger partial charge < -0.3 is 14.4 Å². The zero-order chi connectivity index (χ0) is 15.2. The van der Waals surface area contributed by atoms with Gasteiger partial charge in [0.05, 0.1) is 12.1 Å². The quantitative estimate of drug-likeness (QED) is 0.654. The number of phenolic OH excluding ortho intramolecular Hbond substituents is 1. The van der Waals surface area contributed by atoms with Crippen LogP contribution in [0.1, 0.15) is 19.4 Å². The average Bonchev–Trinajstić information content (AvgIpc) is 2.49. The second-order valence-electron chi connectivity index (χ2n) is 4.73. The van der Waals surface area contributed by atoms with Gasteiger partial charge in [-0.1, -0.05) is 13.8 Å². The summed E-state index contributed by atoms with van der Waals surface area (Å²) in [4.78, 5) is 17.9. The topological polar surface area (TPSA) is 66.0 Å². The molecule has 1 N–H and O–H groups in total. The van der Waals surface area contributed by atoms with Crippen molar-refractivity contribution >= 4 is 17.2 Å². The van der Waals surface area contributed by atoms with Gasteiger partial charge in [-0.15, -0.1) is 0 Å². The molecule has 0 aliphatic rings. The van der Waals surface area contributed by atoms with Crippen molar-refractivity contribution in [1.82, 2.24) is 4.90 Å². The largest absolute Gasteiger partial charge is 0.507 e. The van der Waals surface area contributed by atoms with Crippen LogP contribution in [0.4, 0.5) is 0 Å². The molecule has 2 aromatic rings. The van der Waals surface area contributed by atoms with Crippen molar-refractivity contribution in [3.05, 3.63) is 40.2 Å². The minimum absolute atomic E-state index is 0.0587. The summed E-state index contributed by atoms with van der Waals surface area (Å²) in [5, 5.41) is 10.7. The van der Waals surface area contributed by atoms with E-state index in [4.69, 9.17) is 4.42 Å². The summed E-state index contributed by atoms with van der Waals surface area (Å²) in [6.07, 6.45) is 1.57. The lowest BCUT2D eigenvalue weighted by atomic mass is 10.1. The average molecular weight is 288 g/mol. The van der Waals surface area contributed by atoms with Crippen LogP contribution in [0.3, 0.4) is 0 Å². The molecule has 1 aromatic heterocycles. The summed E-state index contributed by atoms with van der Waals surface area (Å²) >= 11 is 0. The Labute approximate surface area is 123 Å². The Balaban J connectivity index is 2.23. The van der Waals surface area contributed by atoms with E-state index in [0.717, 1.165) is 25.0 Å². The summed E-state index contributed by atoms with van der Waals surface area (Å²) < 4.78 is 5.18. The van der Waals surface area contributed by atoms with Gasteiger partial charge in [-0.05, 0) is 31.3 Å². The lowest BCUT2D eigenvalue weighted by Crippen LogP contribution is -2.25. The first-order valence-electron chi connectivity index (χ1n) is 7.13. The van der Waals surface area contributed by atoms with Crippen LogP contribution < -0.4 is 5.63 Å². The van der Waals surface area contributed by atoms with Gasteiger partial charge in [0.25, 0.3) is 0 Å². The van der Waals surface area contributed by atoms with Crippen LogP contribution in [-0.2, 0) is 0 Å². The highest BCUT2D eigenvalue weighted by atomic mass is 16.4. The lowest BCUT2D eigenvalue weighted by Gasteiger charge is -2.15. The van der Waals surface area contributed by atoms with Crippen molar-refractivity contribution < 1.29 is 9.52 Å². The van der Waals surface area contributed by atoms with E-state index < -0.39 is 5.63 Å². The Morgan fingerprint density at radius 3 is 2.67 bits per heavy atom. The molecule has 0 fully saturated rings. The SMILES string of the molecule is CCN(CC)CCN=Cc1c(O)ccc2ccc(=O)oc12. The number of hydrogen-bond acceptors (Lipinski definition) is 5. The van der Waals surface area contributed by atoms with Gasteiger partial charge in [0, 0.05) is 24.2 Å². The van der Waals surface area contributed by atoms with Crippen molar-refractivity contribution in [2.45, 2.75) is 13.8 Å². The fourth-order valence-corrected chi connectivity index (χ4v) is 2.16. The summed E-state index contributed by atoms with van der Waals surface area (Å²) in [5.74, 6) is 0.0587. The highest BCUT2D eigenvalue weighted by molar-refractivity contribution is 5.99. The van der Waals surface area contributed by atoms with Crippen molar-refractivity contribution in [2.75, 3.05) is 26.2 Å². The van der Waals surface area contributed by atoms with Crippen molar-refractivity contribution in [2.24, 2.45) is 4.99 Å². The van der Waals surface area contributed by atoms with Gasteiger partial charge in [0.15, 0.2) is 5.58 Å². The standard InChI is InChI=1S/C16H20N2O3/c1-3-18(4-2)10-9-17-11-13-14(19)7-5-12-6-8-15(20)21-16(12)13/h5-8,11,19H,3-4,9-10H2,1-2H3. The number of aliphatic imine (C=N–C) groups is 1. The molecular formula is C16H20N2O3. The van der Waals surface area contributed by atoms with E-state index in [2.05, 4.69) is 23.7 Å². The summed E-state index contributed by atoms with van der Waals surface area (Å²) in [6.45, 7) is 7.69. The zero-order valence-electron chi connectivity index (χ0n) is 12.4. The molecule has 0 bridgehead atoms. The Bertz CT molecular complexity index is 687. The molecule has 0 spiro atoms. The molecule has 112 valence electrons. The minimum atomic E-state index is -0.439. The fourth-order valence-electron chi connectivity index (χ4n) is 2.16. The van der Waals surface area contributed by atoms with Crippen LogP contribution in [-0.4, -0.2) is 42.4 Å². The summed E-state index contributed by atoms with van der Waals surface area (Å²) in [7, 11) is 0. The van der Waals surface area contributed by atoms with Crippen LogP contribution in [0.25, 0.3) is 11.0 Å². The fraction of sp³-hybridized carbons (Fsp3) is 0.375. The molecule has 5 nitrogen and oxygen atoms in total. The molecule has 2 rings (SSSR count). The van der Waals surface area contributed by atoms with Gasteiger partial charge in [-0.2, -0.15) is 0 Å². The molecule has 1 heterocycles. The molecule has 1 aromatic carbocycles. The molecule has 0 aliphatic carbocycles. The molecule has 0 atom stereocenters. The van der Waals surface area contributed by atoms with Gasteiger partial charge in [-0.25, -0.2) is 4.79 Å². The second-order valence-corrected chi connectivity index (χ2v) is 4.73. The number of hydrogen-bond donors (Lipinski definition) is 1. The van der Waals surface area contributed by atoms with Gasteiger partial charge >= 0.3 is 5.63 Å². The molecule has 21 heavy (non-hydrogen) atoms. The Morgan fingerprint density at radius 1 is 1.24 bits per heavy atom. The highest BCUT2D eigenvalue weighted by Crippen LogP contribution is 2.24. The van der Waals surface area contributed by atoms with Gasteiger partial charge in [0.1, 0.15) is 5.75 Å². The molecule has 0 saturated carbocycles. The van der Waals surface area contributed by atoms with E-state index in [1.165, 1.54) is 6.07 Å². The van der Waals surface area contributed by atoms with Crippen molar-refractivity contribution in [3.63, 3.8) is 0 Å². The number of benzene rings is 1. The van der Waals surface area contributed by atoms with Gasteiger partial charge in [-0.3, -0.25) is 4.99 Å². The van der Waals surface area contributed by atoms with Crippen LogP contribution in [0.15, 0.2) is 38.5 Å². The van der Waals surface area contributed by atoms with E-state index in [-0.39, 0.29) is 5.75 Å². The Hall–Kier alpha value is -2.14. The number of nitrogens with zero attached hydrogens (tertiary/aromatic N) is 2. The predicted molar refractivity (Wildman–Crippen MR) is 84.4 cm³/mol. The molecule has 0 radical (unpaired) electrons. The van der Waals surface area contributed by atoms with E-state index in [9.17, 15) is 9.90 Å². The molecule has 0 saturated heterocycles. The molecule has 0 amide bonds. The summed E-state index contributed by atoms with van der Waals surface area (Å²) in [6, 6.07) is 6.32. The second kappa shape index (κ2) is 7.04. The third-order valence-electron chi connectivity index (χ3n) is 3.47. The third-order valence-corrected chi connectivity index (χ3v) is 3.47. The molecular weight excluding hydrogens is 268 g/mol. The maximum Gasteiger partial charge on any atom is 0.336 e. The number of aromatic hydroxyl groups is 1. The normalized spacial score (nSPS) is 11.8. The van der Waals surface area contributed by atoms with E-state index in [0.29, 0.717) is 17.7 Å². The number of fused-ring (bicyclic) bond motifs is 1. The van der Waals surface area contributed by atoms with E-state index in [1.54, 1.807) is 24.4 Å². The van der Waals surface area contributed by atoms with Gasteiger partial charge in [0.2, 0.25) is 0 Å². The van der Waals surface area contributed by atoms with Crippen molar-refractivity contribution in [3.8, 4) is 5.75 Å². The molecule has 5 heteroatoms. The maximum absolute atomic E-state index is 11.3. The predicted octanol–water partition coefficient (Wildman–Crippen LogP) is 2.26. The third kappa shape index (κ3) is 3.70. The number of phenols is 1. The maximum atomic E-state index is 11.3. The lowest BCUT2D eigenvalue weighted by molar-refractivity contribution is 0.313. The van der Waals surface area contributed by atoms with Crippen molar-refractivity contribution in [1.29, 1.82) is 0 Å². The monoisotopic (exact) mass is 288 g/mol. The minimum Gasteiger partial charge on any atom is -0.507 e. The van der Waals surface area contributed by atoms with E-state index in [1.807, 2.05) is 0 Å². The first-order valence-corrected chi connectivity index (χ1v) is 7.13. The van der Waals surface area contributed by atoms with E-state index >= 15 is 0 Å². The number of likely N-dealkylation sites (N-methyl/N-ethyl adjacent to an activating group) is 1. The molecule has 0 aliphatic heterocycles. The Kier molecular flexibility index (Phi) is 5.11. The van der Waals surface area contributed by atoms with Crippen LogP contribution in [0.2, 0.25) is 0 Å². The molecule has 0 unspecified atom stereocenters. The van der Waals surface area contributed by atoms with Crippen LogP contribution >= 0.6 is 0 Å². The summed E-state index contributed by atoms with van der Waals surface area (Å²) in [5.41, 5.74) is 0.379. The smallest absolute Gasteiger partial charge is 0.336 e.